The molecule has 0 fully saturated rings. The molecule has 2 unspecified atom stereocenters. The zero-order valence-electron chi connectivity index (χ0n) is 16.6. The highest BCUT2D eigenvalue weighted by Gasteiger charge is 2.39. The molecule has 1 aliphatic rings. The van der Waals surface area contributed by atoms with Crippen molar-refractivity contribution in [1.82, 2.24) is 4.57 Å². The van der Waals surface area contributed by atoms with Crippen LogP contribution in [0, 0.1) is 17.2 Å². The molecule has 2 atom stereocenters. The number of halogens is 1. The van der Waals surface area contributed by atoms with Crippen LogP contribution < -0.4 is 14.2 Å². The third-order valence-corrected chi connectivity index (χ3v) is 5.93. The number of hydrogen-bond donors (Lipinski definition) is 0. The number of hydrogen-bond acceptors (Lipinski definition) is 5. The number of ether oxygens (including phenoxy) is 3. The van der Waals surface area contributed by atoms with Crippen molar-refractivity contribution >= 4 is 32.7 Å². The van der Waals surface area contributed by atoms with E-state index in [1.54, 1.807) is 21.3 Å². The first kappa shape index (κ1) is 19.3. The van der Waals surface area contributed by atoms with E-state index in [1.165, 1.54) is 0 Å². The normalized spacial score (nSPS) is 19.5. The van der Waals surface area contributed by atoms with Crippen LogP contribution in [0.15, 0.2) is 46.0 Å². The number of aryl methyl sites for hydroxylation is 1. The molecule has 6 nitrogen and oxygen atoms in total. The van der Waals surface area contributed by atoms with E-state index >= 15 is 0 Å². The predicted molar refractivity (Wildman–Crippen MR) is 115 cm³/mol. The molecule has 0 spiro atoms. The van der Waals surface area contributed by atoms with Crippen LogP contribution >= 0.6 is 15.9 Å². The van der Waals surface area contributed by atoms with Crippen LogP contribution in [-0.4, -0.2) is 31.7 Å². The van der Waals surface area contributed by atoms with Gasteiger partial charge in [0.2, 0.25) is 5.90 Å². The van der Waals surface area contributed by atoms with Gasteiger partial charge < -0.3 is 18.8 Å². The van der Waals surface area contributed by atoms with E-state index in [-0.39, 0.29) is 5.92 Å². The second-order valence-corrected chi connectivity index (χ2v) is 7.69. The quantitative estimate of drug-likeness (QED) is 0.578. The molecule has 2 aromatic carbocycles. The summed E-state index contributed by atoms with van der Waals surface area (Å²) in [5, 5.41) is 11.1. The maximum absolute atomic E-state index is 9.99. The van der Waals surface area contributed by atoms with Gasteiger partial charge in [-0.05, 0) is 39.7 Å². The van der Waals surface area contributed by atoms with Crippen molar-refractivity contribution < 1.29 is 14.2 Å². The van der Waals surface area contributed by atoms with Crippen molar-refractivity contribution in [2.24, 2.45) is 18.0 Å². The summed E-state index contributed by atoms with van der Waals surface area (Å²) in [6.45, 7) is 0. The molecule has 0 amide bonds. The Morgan fingerprint density at radius 2 is 2.00 bits per heavy atom. The lowest BCUT2D eigenvalue weighted by molar-refractivity contribution is 0.352. The average Bonchev–Trinajstić information content (AvgIpc) is 3.12. The second-order valence-electron chi connectivity index (χ2n) is 6.83. The van der Waals surface area contributed by atoms with Crippen molar-refractivity contribution in [2.75, 3.05) is 21.3 Å². The molecule has 7 heteroatoms. The summed E-state index contributed by atoms with van der Waals surface area (Å²) in [6, 6.07) is 12.4. The first-order valence-electron chi connectivity index (χ1n) is 9.07. The number of methoxy groups -OCH3 is 2. The number of aliphatic imine (C=N–C) groups is 1. The molecule has 1 aliphatic heterocycles. The van der Waals surface area contributed by atoms with Crippen LogP contribution in [0.2, 0.25) is 0 Å². The van der Waals surface area contributed by atoms with Crippen molar-refractivity contribution in [3.05, 3.63) is 52.1 Å². The fourth-order valence-electron chi connectivity index (χ4n) is 4.01. The Bertz CT molecular complexity index is 1180. The summed E-state index contributed by atoms with van der Waals surface area (Å²) in [6.07, 6.45) is 2.00. The van der Waals surface area contributed by atoms with Crippen molar-refractivity contribution in [3.8, 4) is 23.3 Å². The van der Waals surface area contributed by atoms with Crippen molar-refractivity contribution in [2.45, 2.75) is 5.92 Å². The third kappa shape index (κ3) is 2.95. The smallest absolute Gasteiger partial charge is 0.208 e. The summed E-state index contributed by atoms with van der Waals surface area (Å²) in [4.78, 5) is 4.29. The molecule has 4 rings (SSSR count). The van der Waals surface area contributed by atoms with E-state index in [9.17, 15) is 5.26 Å². The first-order chi connectivity index (χ1) is 14.0. The monoisotopic (exact) mass is 453 g/mol. The zero-order chi connectivity index (χ0) is 20.7. The van der Waals surface area contributed by atoms with Gasteiger partial charge in [0.05, 0.1) is 30.3 Å². The molecule has 0 aliphatic carbocycles. The standard InChI is InChI=1S/C22H20BrN3O3/c1-25-22-15(11-24)18(13-9-16(23)21(28-4)17(10-13)27-3)14-6-5-12-7-8-26(2)19(12)20(14)29-22/h5-10,15,18H,1-4H3. The lowest BCUT2D eigenvalue weighted by atomic mass is 9.78. The maximum atomic E-state index is 9.99. The molecule has 0 bridgehead atoms. The summed E-state index contributed by atoms with van der Waals surface area (Å²) in [5.41, 5.74) is 2.84. The van der Waals surface area contributed by atoms with Crippen LogP contribution in [0.5, 0.6) is 17.2 Å². The van der Waals surface area contributed by atoms with Crippen LogP contribution in [0.3, 0.4) is 0 Å². The van der Waals surface area contributed by atoms with E-state index in [4.69, 9.17) is 14.2 Å². The van der Waals surface area contributed by atoms with Crippen molar-refractivity contribution in [1.29, 1.82) is 5.26 Å². The highest BCUT2D eigenvalue weighted by atomic mass is 79.9. The van der Waals surface area contributed by atoms with Gasteiger partial charge in [0, 0.05) is 37.2 Å². The number of aromatic nitrogens is 1. The minimum Gasteiger partial charge on any atom is -0.493 e. The Morgan fingerprint density at radius 3 is 2.66 bits per heavy atom. The van der Waals surface area contributed by atoms with Gasteiger partial charge in [0.1, 0.15) is 5.92 Å². The van der Waals surface area contributed by atoms with Crippen LogP contribution in [0.25, 0.3) is 10.9 Å². The summed E-state index contributed by atoms with van der Waals surface area (Å²) in [7, 11) is 6.82. The highest BCUT2D eigenvalue weighted by Crippen LogP contribution is 2.48. The Kier molecular flexibility index (Phi) is 4.97. The van der Waals surface area contributed by atoms with E-state index in [1.807, 2.05) is 42.1 Å². The zero-order valence-corrected chi connectivity index (χ0v) is 18.1. The lowest BCUT2D eigenvalue weighted by Crippen LogP contribution is -2.32. The Labute approximate surface area is 177 Å². The SMILES string of the molecule is CN=C1Oc2c(ccc3ccn(C)c23)C(c2cc(Br)c(OC)c(OC)c2)C1C#N. The molecule has 2 heterocycles. The number of nitriles is 1. The topological polar surface area (TPSA) is 68.8 Å². The summed E-state index contributed by atoms with van der Waals surface area (Å²) >= 11 is 3.57. The first-order valence-corrected chi connectivity index (χ1v) is 9.86. The van der Waals surface area contributed by atoms with Gasteiger partial charge in [0.25, 0.3) is 0 Å². The Hall–Kier alpha value is -2.98. The molecule has 1 aromatic heterocycles. The van der Waals surface area contributed by atoms with Gasteiger partial charge in [-0.3, -0.25) is 4.99 Å². The largest absolute Gasteiger partial charge is 0.493 e. The number of benzene rings is 2. The maximum Gasteiger partial charge on any atom is 0.208 e. The third-order valence-electron chi connectivity index (χ3n) is 5.34. The highest BCUT2D eigenvalue weighted by molar-refractivity contribution is 9.10. The van der Waals surface area contributed by atoms with Gasteiger partial charge in [-0.1, -0.05) is 12.1 Å². The fraction of sp³-hybridized carbons (Fsp3) is 0.273. The van der Waals surface area contributed by atoms with E-state index < -0.39 is 5.92 Å². The van der Waals surface area contributed by atoms with E-state index in [0.717, 1.165) is 32.3 Å². The minimum atomic E-state index is -0.560. The van der Waals surface area contributed by atoms with E-state index in [0.29, 0.717) is 17.4 Å². The number of rotatable bonds is 3. The molecular weight excluding hydrogens is 434 g/mol. The van der Waals surface area contributed by atoms with Crippen molar-refractivity contribution in [3.63, 3.8) is 0 Å². The van der Waals surface area contributed by atoms with Crippen LogP contribution in [0.4, 0.5) is 0 Å². The van der Waals surface area contributed by atoms with Gasteiger partial charge >= 0.3 is 0 Å². The number of nitrogens with zero attached hydrogens (tertiary/aromatic N) is 3. The Balaban J connectivity index is 2.02. The molecule has 148 valence electrons. The molecule has 0 saturated carbocycles. The van der Waals surface area contributed by atoms with Gasteiger partial charge in [-0.2, -0.15) is 5.26 Å². The summed E-state index contributed by atoms with van der Waals surface area (Å²) in [5.74, 6) is 1.52. The van der Waals surface area contributed by atoms with Crippen LogP contribution in [-0.2, 0) is 7.05 Å². The number of fused-ring (bicyclic) bond motifs is 3. The van der Waals surface area contributed by atoms with Gasteiger partial charge in [-0.15, -0.1) is 0 Å². The van der Waals surface area contributed by atoms with Crippen LogP contribution in [0.1, 0.15) is 17.0 Å². The lowest BCUT2D eigenvalue weighted by Gasteiger charge is -2.32. The summed E-state index contributed by atoms with van der Waals surface area (Å²) < 4.78 is 19.9. The van der Waals surface area contributed by atoms with E-state index in [2.05, 4.69) is 33.1 Å². The van der Waals surface area contributed by atoms with Gasteiger partial charge in [0.15, 0.2) is 17.2 Å². The molecule has 0 saturated heterocycles. The van der Waals surface area contributed by atoms with Gasteiger partial charge in [-0.25, -0.2) is 0 Å². The fourth-order valence-corrected chi connectivity index (χ4v) is 4.63. The molecular formula is C22H20BrN3O3. The molecule has 0 N–H and O–H groups in total. The Morgan fingerprint density at radius 1 is 1.21 bits per heavy atom. The molecule has 0 radical (unpaired) electrons. The second kappa shape index (κ2) is 7.45. The average molecular weight is 454 g/mol. The molecule has 29 heavy (non-hydrogen) atoms. The molecule has 3 aromatic rings. The minimum absolute atomic E-state index is 0.266. The predicted octanol–water partition coefficient (Wildman–Crippen LogP) is 4.65.